The smallest absolute Gasteiger partial charge is 0.119 e. The Morgan fingerprint density at radius 3 is 2.00 bits per heavy atom. The van der Waals surface area contributed by atoms with Gasteiger partial charge in [-0.05, 0) is 25.0 Å². The number of rotatable bonds is 14. The van der Waals surface area contributed by atoms with Crippen LogP contribution >= 0.6 is 17.0 Å². The fourth-order valence-electron chi connectivity index (χ4n) is 2.71. The summed E-state index contributed by atoms with van der Waals surface area (Å²) in [7, 11) is 0. The van der Waals surface area contributed by atoms with E-state index in [0.29, 0.717) is 0 Å². The molecule has 0 aliphatic heterocycles. The van der Waals surface area contributed by atoms with Crippen LogP contribution in [-0.4, -0.2) is 12.6 Å². The lowest BCUT2D eigenvalue weighted by atomic mass is 10.0. The van der Waals surface area contributed by atoms with Gasteiger partial charge < -0.3 is 10.5 Å². The molecule has 0 radical (unpaired) electrons. The maximum absolute atomic E-state index is 6.15. The van der Waals surface area contributed by atoms with Gasteiger partial charge in [-0.3, -0.25) is 0 Å². The second-order valence-corrected chi connectivity index (χ2v) is 6.33. The SMILES string of the molecule is Br.CCCCCCCCCCCC(N)CCOc1ccccc1. The molecule has 2 nitrogen and oxygen atoms in total. The van der Waals surface area contributed by atoms with E-state index in [2.05, 4.69) is 6.92 Å². The average Bonchev–Trinajstić information content (AvgIpc) is 2.54. The van der Waals surface area contributed by atoms with E-state index in [0.717, 1.165) is 25.2 Å². The Morgan fingerprint density at radius 2 is 1.39 bits per heavy atom. The van der Waals surface area contributed by atoms with Crippen LogP contribution in [0.25, 0.3) is 0 Å². The van der Waals surface area contributed by atoms with E-state index in [9.17, 15) is 0 Å². The molecule has 2 N–H and O–H groups in total. The van der Waals surface area contributed by atoms with Crippen LogP contribution in [-0.2, 0) is 0 Å². The van der Waals surface area contributed by atoms with Gasteiger partial charge >= 0.3 is 0 Å². The number of para-hydroxylation sites is 1. The normalized spacial score (nSPS) is 11.7. The average molecular weight is 386 g/mol. The zero-order valence-corrected chi connectivity index (χ0v) is 16.6. The molecule has 0 aliphatic rings. The number of unbranched alkanes of at least 4 members (excludes halogenated alkanes) is 8. The molecule has 0 aromatic heterocycles. The summed E-state index contributed by atoms with van der Waals surface area (Å²) in [5, 5.41) is 0. The van der Waals surface area contributed by atoms with Crippen LogP contribution in [0.3, 0.4) is 0 Å². The third kappa shape index (κ3) is 13.6. The molecule has 0 saturated carbocycles. The van der Waals surface area contributed by atoms with E-state index in [-0.39, 0.29) is 23.0 Å². The van der Waals surface area contributed by atoms with E-state index in [1.54, 1.807) is 0 Å². The van der Waals surface area contributed by atoms with Crippen LogP contribution in [0.15, 0.2) is 30.3 Å². The van der Waals surface area contributed by atoms with Crippen molar-refractivity contribution in [3.63, 3.8) is 0 Å². The van der Waals surface area contributed by atoms with Gasteiger partial charge in [-0.25, -0.2) is 0 Å². The van der Waals surface area contributed by atoms with Gasteiger partial charge in [-0.1, -0.05) is 82.9 Å². The summed E-state index contributed by atoms with van der Waals surface area (Å²) in [6, 6.07) is 10.3. The van der Waals surface area contributed by atoms with Crippen molar-refractivity contribution >= 4 is 17.0 Å². The highest BCUT2D eigenvalue weighted by molar-refractivity contribution is 8.93. The number of hydrogen-bond donors (Lipinski definition) is 1. The molecule has 1 rings (SSSR count). The van der Waals surface area contributed by atoms with Gasteiger partial charge in [0.1, 0.15) is 5.75 Å². The van der Waals surface area contributed by atoms with Crippen LogP contribution in [0.5, 0.6) is 5.75 Å². The highest BCUT2D eigenvalue weighted by Crippen LogP contribution is 2.12. The fourth-order valence-corrected chi connectivity index (χ4v) is 2.71. The monoisotopic (exact) mass is 385 g/mol. The first-order valence-electron chi connectivity index (χ1n) is 9.26. The molecule has 0 amide bonds. The van der Waals surface area contributed by atoms with Crippen LogP contribution in [0.4, 0.5) is 0 Å². The molecule has 23 heavy (non-hydrogen) atoms. The summed E-state index contributed by atoms with van der Waals surface area (Å²) in [6.07, 6.45) is 14.5. The Bertz CT molecular complexity index is 345. The zero-order valence-electron chi connectivity index (χ0n) is 14.8. The minimum Gasteiger partial charge on any atom is -0.494 e. The Hall–Kier alpha value is -0.540. The van der Waals surface area contributed by atoms with Gasteiger partial charge in [-0.15, -0.1) is 17.0 Å². The first-order chi connectivity index (χ1) is 10.8. The number of hydrogen-bond acceptors (Lipinski definition) is 2. The summed E-state index contributed by atoms with van der Waals surface area (Å²) in [6.45, 7) is 3.00. The summed E-state index contributed by atoms with van der Waals surface area (Å²) < 4.78 is 5.69. The van der Waals surface area contributed by atoms with Crippen molar-refractivity contribution in [2.75, 3.05) is 6.61 Å². The molecule has 1 aromatic carbocycles. The molecular weight excluding hydrogens is 350 g/mol. The van der Waals surface area contributed by atoms with Crippen molar-refractivity contribution in [1.82, 2.24) is 0 Å². The van der Waals surface area contributed by atoms with E-state index >= 15 is 0 Å². The first kappa shape index (κ1) is 22.5. The molecule has 0 bridgehead atoms. The largest absolute Gasteiger partial charge is 0.494 e. The van der Waals surface area contributed by atoms with Crippen molar-refractivity contribution in [3.8, 4) is 5.75 Å². The van der Waals surface area contributed by atoms with E-state index in [1.165, 1.54) is 57.8 Å². The summed E-state index contributed by atoms with van der Waals surface area (Å²) in [5.41, 5.74) is 6.15. The van der Waals surface area contributed by atoms with Gasteiger partial charge in [0.2, 0.25) is 0 Å². The van der Waals surface area contributed by atoms with E-state index < -0.39 is 0 Å². The maximum atomic E-state index is 6.15. The van der Waals surface area contributed by atoms with Gasteiger partial charge in [-0.2, -0.15) is 0 Å². The second-order valence-electron chi connectivity index (χ2n) is 6.33. The molecule has 134 valence electrons. The highest BCUT2D eigenvalue weighted by atomic mass is 79.9. The van der Waals surface area contributed by atoms with E-state index in [1.807, 2.05) is 30.3 Å². The summed E-state index contributed by atoms with van der Waals surface area (Å²) >= 11 is 0. The quantitative estimate of drug-likeness (QED) is 0.382. The van der Waals surface area contributed by atoms with Gasteiger partial charge in [0.05, 0.1) is 6.61 Å². The van der Waals surface area contributed by atoms with Gasteiger partial charge in [0.25, 0.3) is 0 Å². The Labute approximate surface area is 154 Å². The summed E-state index contributed by atoms with van der Waals surface area (Å²) in [5.74, 6) is 0.942. The summed E-state index contributed by atoms with van der Waals surface area (Å²) in [4.78, 5) is 0. The number of ether oxygens (including phenoxy) is 1. The van der Waals surface area contributed by atoms with Crippen LogP contribution in [0.2, 0.25) is 0 Å². The minimum atomic E-state index is 0. The molecule has 0 aliphatic carbocycles. The number of nitrogens with two attached hydrogens (primary N) is 1. The molecule has 0 spiro atoms. The third-order valence-electron chi connectivity index (χ3n) is 4.18. The van der Waals surface area contributed by atoms with Crippen LogP contribution in [0, 0.1) is 0 Å². The van der Waals surface area contributed by atoms with Gasteiger partial charge in [0, 0.05) is 6.04 Å². The van der Waals surface area contributed by atoms with Crippen molar-refractivity contribution in [2.45, 2.75) is 83.6 Å². The molecule has 1 atom stereocenters. The minimum absolute atomic E-state index is 0. The predicted molar refractivity (Wildman–Crippen MR) is 107 cm³/mol. The molecular formula is C20H36BrNO. The lowest BCUT2D eigenvalue weighted by Crippen LogP contribution is -2.22. The molecule has 1 unspecified atom stereocenters. The van der Waals surface area contributed by atoms with Crippen molar-refractivity contribution < 1.29 is 4.74 Å². The van der Waals surface area contributed by atoms with Crippen LogP contribution < -0.4 is 10.5 Å². The zero-order chi connectivity index (χ0) is 15.9. The van der Waals surface area contributed by atoms with E-state index in [4.69, 9.17) is 10.5 Å². The second kappa shape index (κ2) is 16.3. The molecule has 0 fully saturated rings. The lowest BCUT2D eigenvalue weighted by molar-refractivity contribution is 0.293. The van der Waals surface area contributed by atoms with Crippen molar-refractivity contribution in [3.05, 3.63) is 30.3 Å². The molecule has 1 aromatic rings. The first-order valence-corrected chi connectivity index (χ1v) is 9.26. The fraction of sp³-hybridized carbons (Fsp3) is 0.700. The predicted octanol–water partition coefficient (Wildman–Crippen LogP) is 6.28. The lowest BCUT2D eigenvalue weighted by Gasteiger charge is -2.12. The molecule has 3 heteroatoms. The Morgan fingerprint density at radius 1 is 0.826 bits per heavy atom. The Kier molecular flexibility index (Phi) is 15.9. The van der Waals surface area contributed by atoms with Crippen molar-refractivity contribution in [2.24, 2.45) is 5.73 Å². The highest BCUT2D eigenvalue weighted by Gasteiger charge is 2.03. The number of halogens is 1. The molecule has 0 saturated heterocycles. The van der Waals surface area contributed by atoms with Crippen LogP contribution in [0.1, 0.15) is 77.6 Å². The standard InChI is InChI=1S/C20H35NO.BrH/c1-2-3-4-5-6-7-8-9-11-14-19(21)17-18-22-20-15-12-10-13-16-20;/h10,12-13,15-16,19H,2-9,11,14,17-18,21H2,1H3;1H. The maximum Gasteiger partial charge on any atom is 0.119 e. The number of benzene rings is 1. The third-order valence-corrected chi connectivity index (χ3v) is 4.18. The molecule has 0 heterocycles. The topological polar surface area (TPSA) is 35.2 Å². The van der Waals surface area contributed by atoms with Gasteiger partial charge in [0.15, 0.2) is 0 Å². The van der Waals surface area contributed by atoms with Crippen molar-refractivity contribution in [1.29, 1.82) is 0 Å². The Balaban J connectivity index is 0.00000484.